The highest BCUT2D eigenvalue weighted by atomic mass is 32.1. The highest BCUT2D eigenvalue weighted by Crippen LogP contribution is 2.06. The first kappa shape index (κ1) is 15.9. The van der Waals surface area contributed by atoms with E-state index in [-0.39, 0.29) is 24.4 Å². The molecule has 1 atom stereocenters. The second kappa shape index (κ2) is 8.11. The van der Waals surface area contributed by atoms with Gasteiger partial charge in [0.15, 0.2) is 5.11 Å². The van der Waals surface area contributed by atoms with Crippen LogP contribution in [0.15, 0.2) is 30.3 Å². The van der Waals surface area contributed by atoms with Crippen LogP contribution >= 0.6 is 12.2 Å². The Morgan fingerprint density at radius 1 is 1.20 bits per heavy atom. The monoisotopic (exact) mass is 296 g/mol. The smallest absolute Gasteiger partial charge is 0.326 e. The minimum absolute atomic E-state index is 0.0651. The number of carbonyl (C=O) groups is 2. The van der Waals surface area contributed by atoms with E-state index in [4.69, 9.17) is 22.4 Å². The van der Waals surface area contributed by atoms with Gasteiger partial charge >= 0.3 is 11.9 Å². The minimum Gasteiger partial charge on any atom is -0.481 e. The van der Waals surface area contributed by atoms with Crippen molar-refractivity contribution >= 4 is 35.0 Å². The van der Waals surface area contributed by atoms with Gasteiger partial charge in [-0.1, -0.05) is 18.2 Å². The van der Waals surface area contributed by atoms with Crippen LogP contribution in [0.3, 0.4) is 0 Å². The summed E-state index contributed by atoms with van der Waals surface area (Å²) in [5, 5.41) is 23.3. The molecule has 0 bridgehead atoms. The van der Waals surface area contributed by atoms with E-state index in [0.717, 1.165) is 5.69 Å². The lowest BCUT2D eigenvalue weighted by Gasteiger charge is -2.17. The summed E-state index contributed by atoms with van der Waals surface area (Å²) in [5.74, 6) is -2.01. The third kappa shape index (κ3) is 6.14. The Morgan fingerprint density at radius 3 is 2.40 bits per heavy atom. The zero-order chi connectivity index (χ0) is 15.0. The Hall–Kier alpha value is -2.15. The van der Waals surface area contributed by atoms with Gasteiger partial charge in [0.1, 0.15) is 6.04 Å². The molecule has 0 fully saturated rings. The van der Waals surface area contributed by atoms with Crippen LogP contribution in [0.2, 0.25) is 0 Å². The standard InChI is InChI=1S/C13H16N2O4S/c16-11(17)8-4-7-10(12(18)19)15-13(20)14-9-5-2-1-3-6-9/h1-3,5-6,10H,4,7-8H2,(H,16,17)(H,18,19)(H2,14,15,20). The largest absolute Gasteiger partial charge is 0.481 e. The molecule has 0 amide bonds. The zero-order valence-corrected chi connectivity index (χ0v) is 11.5. The van der Waals surface area contributed by atoms with Crippen LogP contribution in [-0.4, -0.2) is 33.3 Å². The first-order chi connectivity index (χ1) is 9.49. The van der Waals surface area contributed by atoms with E-state index in [0.29, 0.717) is 0 Å². The number of thiocarbonyl (C=S) groups is 1. The number of carboxylic acids is 2. The average molecular weight is 296 g/mol. The number of aliphatic carboxylic acids is 2. The van der Waals surface area contributed by atoms with Crippen molar-refractivity contribution in [2.75, 3.05) is 5.32 Å². The van der Waals surface area contributed by atoms with Crippen molar-refractivity contribution in [3.63, 3.8) is 0 Å². The van der Waals surface area contributed by atoms with Crippen molar-refractivity contribution < 1.29 is 19.8 Å². The predicted octanol–water partition coefficient (Wildman–Crippen LogP) is 1.68. The highest BCUT2D eigenvalue weighted by molar-refractivity contribution is 7.80. The summed E-state index contributed by atoms with van der Waals surface area (Å²) in [7, 11) is 0. The fraction of sp³-hybridized carbons (Fsp3) is 0.308. The minimum atomic E-state index is -1.06. The zero-order valence-electron chi connectivity index (χ0n) is 10.7. The molecule has 0 saturated carbocycles. The average Bonchev–Trinajstić information content (AvgIpc) is 2.38. The summed E-state index contributed by atoms with van der Waals surface area (Å²) in [6.45, 7) is 0. The van der Waals surface area contributed by atoms with E-state index in [9.17, 15) is 9.59 Å². The molecule has 20 heavy (non-hydrogen) atoms. The van der Waals surface area contributed by atoms with Crippen LogP contribution < -0.4 is 10.6 Å². The van der Waals surface area contributed by atoms with E-state index in [1.807, 2.05) is 18.2 Å². The number of rotatable bonds is 7. The Morgan fingerprint density at radius 2 is 1.85 bits per heavy atom. The molecule has 0 heterocycles. The van der Waals surface area contributed by atoms with E-state index < -0.39 is 18.0 Å². The Labute approximate surface area is 121 Å². The molecule has 1 unspecified atom stereocenters. The van der Waals surface area contributed by atoms with Gasteiger partial charge in [-0.25, -0.2) is 4.79 Å². The fourth-order valence-electron chi connectivity index (χ4n) is 1.56. The molecule has 4 N–H and O–H groups in total. The third-order valence-corrected chi connectivity index (χ3v) is 2.74. The number of anilines is 1. The van der Waals surface area contributed by atoms with Gasteiger partial charge < -0.3 is 20.8 Å². The lowest BCUT2D eigenvalue weighted by Crippen LogP contribution is -2.42. The predicted molar refractivity (Wildman–Crippen MR) is 78.7 cm³/mol. The summed E-state index contributed by atoms with van der Waals surface area (Å²) < 4.78 is 0. The first-order valence-electron chi connectivity index (χ1n) is 6.06. The topological polar surface area (TPSA) is 98.7 Å². The maximum absolute atomic E-state index is 11.1. The number of hydrogen-bond acceptors (Lipinski definition) is 3. The second-order valence-electron chi connectivity index (χ2n) is 4.14. The summed E-state index contributed by atoms with van der Waals surface area (Å²) >= 11 is 5.03. The van der Waals surface area contributed by atoms with E-state index in [2.05, 4.69) is 10.6 Å². The number of hydrogen-bond donors (Lipinski definition) is 4. The maximum Gasteiger partial charge on any atom is 0.326 e. The molecular formula is C13H16N2O4S. The quantitative estimate of drug-likeness (QED) is 0.568. The molecule has 108 valence electrons. The fourth-order valence-corrected chi connectivity index (χ4v) is 1.82. The van der Waals surface area contributed by atoms with Gasteiger partial charge in [-0.05, 0) is 37.2 Å². The summed E-state index contributed by atoms with van der Waals surface area (Å²) in [4.78, 5) is 21.5. The molecule has 0 saturated heterocycles. The maximum atomic E-state index is 11.1. The van der Waals surface area contributed by atoms with Crippen LogP contribution in [-0.2, 0) is 9.59 Å². The van der Waals surface area contributed by atoms with Crippen molar-refractivity contribution in [3.05, 3.63) is 30.3 Å². The number of carboxylic acid groups (broad SMARTS) is 2. The van der Waals surface area contributed by atoms with Crippen molar-refractivity contribution in [2.45, 2.75) is 25.3 Å². The third-order valence-electron chi connectivity index (χ3n) is 2.52. The number of benzene rings is 1. The van der Waals surface area contributed by atoms with Gasteiger partial charge in [0, 0.05) is 12.1 Å². The molecular weight excluding hydrogens is 280 g/mol. The lowest BCUT2D eigenvalue weighted by molar-refractivity contribution is -0.140. The lowest BCUT2D eigenvalue weighted by atomic mass is 10.1. The Bertz CT molecular complexity index is 479. The molecule has 1 aromatic carbocycles. The molecule has 7 heteroatoms. The summed E-state index contributed by atoms with van der Waals surface area (Å²) in [6.07, 6.45) is 0.399. The first-order valence-corrected chi connectivity index (χ1v) is 6.47. The van der Waals surface area contributed by atoms with Crippen LogP contribution in [0.1, 0.15) is 19.3 Å². The van der Waals surface area contributed by atoms with Gasteiger partial charge in [-0.3, -0.25) is 4.79 Å². The SMILES string of the molecule is O=C(O)CCCC(NC(=S)Nc1ccccc1)C(=O)O. The van der Waals surface area contributed by atoms with Crippen molar-refractivity contribution in [1.29, 1.82) is 0 Å². The summed E-state index contributed by atoms with van der Waals surface area (Å²) in [6, 6.07) is 8.20. The van der Waals surface area contributed by atoms with Crippen LogP contribution in [0, 0.1) is 0 Å². The van der Waals surface area contributed by atoms with E-state index in [1.54, 1.807) is 12.1 Å². The van der Waals surface area contributed by atoms with Crippen LogP contribution in [0.5, 0.6) is 0 Å². The van der Waals surface area contributed by atoms with Crippen molar-refractivity contribution in [1.82, 2.24) is 5.32 Å². The Balaban J connectivity index is 2.46. The van der Waals surface area contributed by atoms with Gasteiger partial charge in [0.05, 0.1) is 0 Å². The van der Waals surface area contributed by atoms with Gasteiger partial charge in [-0.2, -0.15) is 0 Å². The molecule has 0 aliphatic rings. The molecule has 0 aromatic heterocycles. The van der Waals surface area contributed by atoms with Gasteiger partial charge in [-0.15, -0.1) is 0 Å². The van der Waals surface area contributed by atoms with Crippen LogP contribution in [0.4, 0.5) is 5.69 Å². The van der Waals surface area contributed by atoms with Gasteiger partial charge in [0.2, 0.25) is 0 Å². The molecule has 0 radical (unpaired) electrons. The summed E-state index contributed by atoms with van der Waals surface area (Å²) in [5.41, 5.74) is 0.750. The van der Waals surface area contributed by atoms with E-state index in [1.165, 1.54) is 0 Å². The normalized spacial score (nSPS) is 11.4. The number of para-hydroxylation sites is 1. The van der Waals surface area contributed by atoms with Crippen molar-refractivity contribution in [2.24, 2.45) is 0 Å². The van der Waals surface area contributed by atoms with Crippen LogP contribution in [0.25, 0.3) is 0 Å². The molecule has 1 rings (SSSR count). The van der Waals surface area contributed by atoms with E-state index >= 15 is 0 Å². The molecule has 1 aromatic rings. The molecule has 6 nitrogen and oxygen atoms in total. The number of nitrogens with one attached hydrogen (secondary N) is 2. The molecule has 0 spiro atoms. The van der Waals surface area contributed by atoms with Crippen molar-refractivity contribution in [3.8, 4) is 0 Å². The molecule has 0 aliphatic heterocycles. The second-order valence-corrected chi connectivity index (χ2v) is 4.55. The molecule has 0 aliphatic carbocycles. The van der Waals surface area contributed by atoms with Gasteiger partial charge in [0.25, 0.3) is 0 Å². The highest BCUT2D eigenvalue weighted by Gasteiger charge is 2.18. The Kier molecular flexibility index (Phi) is 6.45.